The van der Waals surface area contributed by atoms with Gasteiger partial charge in [-0.05, 0) is 32.9 Å². The van der Waals surface area contributed by atoms with Crippen LogP contribution in [0.15, 0.2) is 30.3 Å². The first-order chi connectivity index (χ1) is 10.9. The smallest absolute Gasteiger partial charge is 0.257 e. The SMILES string of the molecule is CCNC(=O)c1cc(NC(=O)C(C)(C)OC)nc2ccccc12. The molecule has 122 valence electrons. The molecule has 0 aliphatic carbocycles. The van der Waals surface area contributed by atoms with Crippen LogP contribution in [-0.4, -0.2) is 36.1 Å². The summed E-state index contributed by atoms with van der Waals surface area (Å²) >= 11 is 0. The minimum absolute atomic E-state index is 0.201. The van der Waals surface area contributed by atoms with Crippen LogP contribution >= 0.6 is 0 Å². The predicted octanol–water partition coefficient (Wildman–Crippen LogP) is 2.35. The van der Waals surface area contributed by atoms with E-state index >= 15 is 0 Å². The quantitative estimate of drug-likeness (QED) is 0.887. The number of nitrogens with one attached hydrogen (secondary N) is 2. The van der Waals surface area contributed by atoms with Gasteiger partial charge in [0, 0.05) is 19.0 Å². The van der Waals surface area contributed by atoms with Gasteiger partial charge in [0.05, 0.1) is 11.1 Å². The average Bonchev–Trinajstić information content (AvgIpc) is 2.54. The van der Waals surface area contributed by atoms with Crippen LogP contribution < -0.4 is 10.6 Å². The Hall–Kier alpha value is -2.47. The number of methoxy groups -OCH3 is 1. The first kappa shape index (κ1) is 16.9. The van der Waals surface area contributed by atoms with Gasteiger partial charge in [0.2, 0.25) is 0 Å². The van der Waals surface area contributed by atoms with Crippen LogP contribution in [0.3, 0.4) is 0 Å². The van der Waals surface area contributed by atoms with Gasteiger partial charge in [0.15, 0.2) is 0 Å². The fourth-order valence-corrected chi connectivity index (χ4v) is 2.04. The maximum Gasteiger partial charge on any atom is 0.257 e. The maximum absolute atomic E-state index is 12.3. The van der Waals surface area contributed by atoms with E-state index in [-0.39, 0.29) is 11.8 Å². The highest BCUT2D eigenvalue weighted by Crippen LogP contribution is 2.22. The van der Waals surface area contributed by atoms with Crippen LogP contribution in [-0.2, 0) is 9.53 Å². The summed E-state index contributed by atoms with van der Waals surface area (Å²) in [4.78, 5) is 28.9. The second-order valence-corrected chi connectivity index (χ2v) is 5.60. The van der Waals surface area contributed by atoms with E-state index in [1.54, 1.807) is 26.0 Å². The molecule has 0 aliphatic heterocycles. The minimum atomic E-state index is -0.987. The zero-order valence-electron chi connectivity index (χ0n) is 13.8. The molecule has 0 aliphatic rings. The molecule has 0 radical (unpaired) electrons. The summed E-state index contributed by atoms with van der Waals surface area (Å²) in [7, 11) is 1.47. The number of anilines is 1. The number of rotatable bonds is 5. The molecule has 23 heavy (non-hydrogen) atoms. The van der Waals surface area contributed by atoms with Gasteiger partial charge in [0.25, 0.3) is 11.8 Å². The molecular weight excluding hydrogens is 294 g/mol. The lowest BCUT2D eigenvalue weighted by atomic mass is 10.1. The number of amides is 2. The van der Waals surface area contributed by atoms with Crippen LogP contribution in [0.25, 0.3) is 10.9 Å². The Morgan fingerprint density at radius 3 is 2.61 bits per heavy atom. The summed E-state index contributed by atoms with van der Waals surface area (Å²) < 4.78 is 5.16. The van der Waals surface area contributed by atoms with Crippen molar-refractivity contribution in [3.63, 3.8) is 0 Å². The van der Waals surface area contributed by atoms with Gasteiger partial charge < -0.3 is 15.4 Å². The van der Waals surface area contributed by atoms with Crippen LogP contribution in [0.4, 0.5) is 5.82 Å². The van der Waals surface area contributed by atoms with E-state index in [9.17, 15) is 9.59 Å². The fourth-order valence-electron chi connectivity index (χ4n) is 2.04. The molecule has 1 heterocycles. The molecule has 2 rings (SSSR count). The Morgan fingerprint density at radius 2 is 1.96 bits per heavy atom. The number of ether oxygens (including phenoxy) is 1. The topological polar surface area (TPSA) is 80.3 Å². The molecule has 0 saturated heterocycles. The highest BCUT2D eigenvalue weighted by atomic mass is 16.5. The zero-order valence-corrected chi connectivity index (χ0v) is 13.8. The molecule has 0 saturated carbocycles. The number of fused-ring (bicyclic) bond motifs is 1. The Balaban J connectivity index is 2.46. The number of aromatic nitrogens is 1. The monoisotopic (exact) mass is 315 g/mol. The van der Waals surface area contributed by atoms with E-state index in [0.29, 0.717) is 23.4 Å². The summed E-state index contributed by atoms with van der Waals surface area (Å²) in [6.07, 6.45) is 0. The van der Waals surface area contributed by atoms with E-state index in [1.165, 1.54) is 7.11 Å². The van der Waals surface area contributed by atoms with Crippen molar-refractivity contribution in [2.45, 2.75) is 26.4 Å². The van der Waals surface area contributed by atoms with Crippen molar-refractivity contribution in [2.75, 3.05) is 19.0 Å². The van der Waals surface area contributed by atoms with E-state index in [0.717, 1.165) is 5.39 Å². The number of benzene rings is 1. The van der Waals surface area contributed by atoms with Gasteiger partial charge in [0.1, 0.15) is 11.4 Å². The maximum atomic E-state index is 12.3. The van der Waals surface area contributed by atoms with Gasteiger partial charge in [-0.25, -0.2) is 4.98 Å². The molecule has 2 aromatic rings. The molecule has 0 bridgehead atoms. The van der Waals surface area contributed by atoms with E-state index in [4.69, 9.17) is 4.74 Å². The summed E-state index contributed by atoms with van der Waals surface area (Å²) in [5.74, 6) is -0.211. The molecule has 1 aromatic carbocycles. The number of pyridine rings is 1. The average molecular weight is 315 g/mol. The Morgan fingerprint density at radius 1 is 1.26 bits per heavy atom. The predicted molar refractivity (Wildman–Crippen MR) is 89.5 cm³/mol. The molecular formula is C17H21N3O3. The van der Waals surface area contributed by atoms with Gasteiger partial charge in [-0.3, -0.25) is 9.59 Å². The van der Waals surface area contributed by atoms with Crippen molar-refractivity contribution in [1.82, 2.24) is 10.3 Å². The Kier molecular flexibility index (Phi) is 4.95. The van der Waals surface area contributed by atoms with Crippen molar-refractivity contribution < 1.29 is 14.3 Å². The van der Waals surface area contributed by atoms with E-state index in [2.05, 4.69) is 15.6 Å². The van der Waals surface area contributed by atoms with Crippen LogP contribution in [0.1, 0.15) is 31.1 Å². The molecule has 0 unspecified atom stereocenters. The third-order valence-corrected chi connectivity index (χ3v) is 3.60. The minimum Gasteiger partial charge on any atom is -0.369 e. The zero-order chi connectivity index (χ0) is 17.0. The van der Waals surface area contributed by atoms with Crippen molar-refractivity contribution in [3.8, 4) is 0 Å². The lowest BCUT2D eigenvalue weighted by Crippen LogP contribution is -2.39. The first-order valence-electron chi connectivity index (χ1n) is 7.43. The van der Waals surface area contributed by atoms with Gasteiger partial charge in [-0.2, -0.15) is 0 Å². The normalized spacial score (nSPS) is 11.3. The van der Waals surface area contributed by atoms with Gasteiger partial charge in [-0.1, -0.05) is 18.2 Å². The number of nitrogens with zero attached hydrogens (tertiary/aromatic N) is 1. The lowest BCUT2D eigenvalue weighted by Gasteiger charge is -2.21. The fraction of sp³-hybridized carbons (Fsp3) is 0.353. The summed E-state index contributed by atoms with van der Waals surface area (Å²) in [5.41, 5.74) is 0.129. The van der Waals surface area contributed by atoms with Crippen LogP contribution in [0, 0.1) is 0 Å². The number of carbonyl (C=O) groups excluding carboxylic acids is 2. The molecule has 0 atom stereocenters. The molecule has 1 aromatic heterocycles. The molecule has 0 spiro atoms. The summed E-state index contributed by atoms with van der Waals surface area (Å²) in [6, 6.07) is 8.89. The van der Waals surface area contributed by atoms with Gasteiger partial charge >= 0.3 is 0 Å². The number of carbonyl (C=O) groups is 2. The van der Waals surface area contributed by atoms with Crippen LogP contribution in [0.2, 0.25) is 0 Å². The number of hydrogen-bond donors (Lipinski definition) is 2. The molecule has 0 fully saturated rings. The van der Waals surface area contributed by atoms with Gasteiger partial charge in [-0.15, -0.1) is 0 Å². The highest BCUT2D eigenvalue weighted by Gasteiger charge is 2.27. The van der Waals surface area contributed by atoms with E-state index in [1.807, 2.05) is 25.1 Å². The largest absolute Gasteiger partial charge is 0.369 e. The Labute approximate surface area is 135 Å². The van der Waals surface area contributed by atoms with E-state index < -0.39 is 5.60 Å². The van der Waals surface area contributed by atoms with Crippen molar-refractivity contribution >= 4 is 28.5 Å². The summed E-state index contributed by atoms with van der Waals surface area (Å²) in [6.45, 7) is 5.70. The lowest BCUT2D eigenvalue weighted by molar-refractivity contribution is -0.133. The second kappa shape index (κ2) is 6.75. The number of hydrogen-bond acceptors (Lipinski definition) is 4. The highest BCUT2D eigenvalue weighted by molar-refractivity contribution is 6.08. The third kappa shape index (κ3) is 3.65. The molecule has 2 amide bonds. The first-order valence-corrected chi connectivity index (χ1v) is 7.43. The second-order valence-electron chi connectivity index (χ2n) is 5.60. The molecule has 6 nitrogen and oxygen atoms in total. The van der Waals surface area contributed by atoms with Crippen molar-refractivity contribution in [3.05, 3.63) is 35.9 Å². The summed E-state index contributed by atoms with van der Waals surface area (Å²) in [5, 5.41) is 6.22. The van der Waals surface area contributed by atoms with Crippen molar-refractivity contribution in [2.24, 2.45) is 0 Å². The third-order valence-electron chi connectivity index (χ3n) is 3.60. The Bertz CT molecular complexity index is 741. The molecule has 6 heteroatoms. The molecule has 2 N–H and O–H groups in total. The standard InChI is InChI=1S/C17H21N3O3/c1-5-18-15(21)12-10-14(20-16(22)17(2,3)23-4)19-13-9-7-6-8-11(12)13/h6-10H,5H2,1-4H3,(H,18,21)(H,19,20,22). The van der Waals surface area contributed by atoms with Crippen molar-refractivity contribution in [1.29, 1.82) is 0 Å². The number of para-hydroxylation sites is 1. The van der Waals surface area contributed by atoms with Crippen LogP contribution in [0.5, 0.6) is 0 Å².